The fourth-order valence-electron chi connectivity index (χ4n) is 4.12. The molecule has 0 radical (unpaired) electrons. The number of aliphatic hydroxyl groups excluding tert-OH is 3. The van der Waals surface area contributed by atoms with Crippen molar-refractivity contribution >= 4 is 34.3 Å². The number of hydrogen-bond donors (Lipinski definition) is 4. The second kappa shape index (κ2) is 8.26. The second-order valence-electron chi connectivity index (χ2n) is 7.62. The molecule has 5 rings (SSSR count). The number of aromatic nitrogens is 6. The molecule has 3 aromatic rings. The summed E-state index contributed by atoms with van der Waals surface area (Å²) in [7, 11) is 0. The van der Waals surface area contributed by atoms with Crippen LogP contribution in [0.5, 0.6) is 0 Å². The van der Waals surface area contributed by atoms with Crippen LogP contribution in [0.3, 0.4) is 0 Å². The quantitative estimate of drug-likeness (QED) is 0.355. The number of ether oxygens (including phenoxy) is 1. The fraction of sp³-hybridized carbons (Fsp3) is 0.500. The maximum absolute atomic E-state index is 11.7. The lowest BCUT2D eigenvalue weighted by Crippen LogP contribution is -2.47. The van der Waals surface area contributed by atoms with Crippen molar-refractivity contribution in [2.24, 2.45) is 0 Å². The van der Waals surface area contributed by atoms with Crippen LogP contribution in [-0.4, -0.2) is 96.1 Å². The molecule has 5 heterocycles. The molecule has 32 heavy (non-hydrogen) atoms. The largest absolute Gasteiger partial charge is 0.394 e. The Labute approximate surface area is 185 Å². The molecule has 4 atom stereocenters. The van der Waals surface area contributed by atoms with E-state index in [1.165, 1.54) is 23.4 Å². The Morgan fingerprint density at radius 1 is 1.12 bits per heavy atom. The predicted molar refractivity (Wildman–Crippen MR) is 113 cm³/mol. The maximum atomic E-state index is 11.7. The Hall–Kier alpha value is -2.84. The molecule has 0 aliphatic carbocycles. The van der Waals surface area contributed by atoms with Crippen LogP contribution in [-0.2, 0) is 4.74 Å². The number of rotatable bonds is 4. The average molecular weight is 465 g/mol. The Balaban J connectivity index is 1.38. The summed E-state index contributed by atoms with van der Waals surface area (Å²) < 4.78 is 7.13. The summed E-state index contributed by atoms with van der Waals surface area (Å²) in [5.41, 5.74) is 1.11. The van der Waals surface area contributed by atoms with Gasteiger partial charge in [-0.2, -0.15) is 5.10 Å². The molecule has 2 aliphatic heterocycles. The molecule has 0 saturated carbocycles. The maximum Gasteiger partial charge on any atom is 0.285 e. The number of imidazole rings is 1. The van der Waals surface area contributed by atoms with Crippen molar-refractivity contribution in [1.29, 1.82) is 0 Å². The Bertz CT molecular complexity index is 1180. The molecule has 4 N–H and O–H groups in total. The molecule has 0 unspecified atom stereocenters. The van der Waals surface area contributed by atoms with Gasteiger partial charge in [0.1, 0.15) is 29.7 Å². The minimum atomic E-state index is -1.24. The lowest BCUT2D eigenvalue weighted by Gasteiger charge is -2.36. The zero-order valence-corrected chi connectivity index (χ0v) is 17.5. The summed E-state index contributed by atoms with van der Waals surface area (Å²) in [5, 5.41) is 36.0. The van der Waals surface area contributed by atoms with E-state index in [1.54, 1.807) is 0 Å². The Kier molecular flexibility index (Phi) is 5.43. The zero-order valence-electron chi connectivity index (χ0n) is 16.7. The minimum absolute atomic E-state index is 0.107. The van der Waals surface area contributed by atoms with Crippen molar-refractivity contribution < 1.29 is 20.1 Å². The van der Waals surface area contributed by atoms with Crippen LogP contribution < -0.4 is 15.4 Å². The van der Waals surface area contributed by atoms with Crippen molar-refractivity contribution in [3.05, 3.63) is 34.2 Å². The topological polar surface area (TPSA) is 166 Å². The van der Waals surface area contributed by atoms with Crippen LogP contribution >= 0.6 is 11.6 Å². The highest BCUT2D eigenvalue weighted by Crippen LogP contribution is 2.33. The molecule has 2 saturated heterocycles. The number of nitrogens with one attached hydrogen (secondary N) is 1. The number of nitrogens with zero attached hydrogens (tertiary/aromatic N) is 7. The van der Waals surface area contributed by atoms with E-state index in [0.29, 0.717) is 48.8 Å². The SMILES string of the molecule is O=c1[nH]ncc(N2CCN(c3ncnc4c3ncn4[C@@H]3O[C@H](CO)[C@@H](O)[C@H]3O)CC2)c1Cl. The molecule has 2 fully saturated rings. The molecule has 0 amide bonds. The zero-order chi connectivity index (χ0) is 22.4. The molecule has 170 valence electrons. The molecular formula is C18H21ClN8O5. The molecule has 0 aromatic carbocycles. The van der Waals surface area contributed by atoms with E-state index >= 15 is 0 Å². The number of anilines is 2. The first-order chi connectivity index (χ1) is 15.5. The van der Waals surface area contributed by atoms with Gasteiger partial charge < -0.3 is 29.9 Å². The van der Waals surface area contributed by atoms with E-state index in [1.807, 2.05) is 9.80 Å². The highest BCUT2D eigenvalue weighted by molar-refractivity contribution is 6.33. The smallest absolute Gasteiger partial charge is 0.285 e. The standard InChI is InChI=1S/C18H21ClN8O5/c19-11-9(5-23-24-17(11)31)25-1-3-26(4-2-25)15-12-16(21-7-20-15)27(8-22-12)18-14(30)13(29)10(6-28)32-18/h5,7-8,10,13-14,18,28-30H,1-4,6H2,(H,24,31)/t10-,13-,14-,18-/m1/s1. The highest BCUT2D eigenvalue weighted by Gasteiger charge is 2.44. The predicted octanol–water partition coefficient (Wildman–Crippen LogP) is -1.50. The van der Waals surface area contributed by atoms with Crippen LogP contribution in [0, 0.1) is 0 Å². The normalized spacial score (nSPS) is 26.2. The van der Waals surface area contributed by atoms with E-state index in [4.69, 9.17) is 16.3 Å². The summed E-state index contributed by atoms with van der Waals surface area (Å²) in [6.07, 6.45) is 0.126. The van der Waals surface area contributed by atoms with Crippen LogP contribution in [0.4, 0.5) is 11.5 Å². The number of aromatic amines is 1. The molecule has 14 heteroatoms. The second-order valence-corrected chi connectivity index (χ2v) is 8.00. The summed E-state index contributed by atoms with van der Waals surface area (Å²) in [5.74, 6) is 0.621. The third kappa shape index (κ3) is 3.38. The summed E-state index contributed by atoms with van der Waals surface area (Å²) in [4.78, 5) is 28.9. The summed E-state index contributed by atoms with van der Waals surface area (Å²) in [6, 6.07) is 0. The van der Waals surface area contributed by atoms with Gasteiger partial charge in [0, 0.05) is 26.2 Å². The number of piperazine rings is 1. The first-order valence-corrected chi connectivity index (χ1v) is 10.4. The Morgan fingerprint density at radius 2 is 1.88 bits per heavy atom. The van der Waals surface area contributed by atoms with E-state index in [0.717, 1.165) is 0 Å². The molecule has 2 aliphatic rings. The van der Waals surface area contributed by atoms with Gasteiger partial charge >= 0.3 is 0 Å². The molecular weight excluding hydrogens is 444 g/mol. The molecule has 13 nitrogen and oxygen atoms in total. The van der Waals surface area contributed by atoms with Gasteiger partial charge in [-0.3, -0.25) is 9.36 Å². The summed E-state index contributed by atoms with van der Waals surface area (Å²) >= 11 is 6.13. The van der Waals surface area contributed by atoms with Crippen LogP contribution in [0.1, 0.15) is 6.23 Å². The third-order valence-electron chi connectivity index (χ3n) is 5.83. The van der Waals surface area contributed by atoms with Gasteiger partial charge in [0.05, 0.1) is 24.8 Å². The van der Waals surface area contributed by atoms with E-state index < -0.39 is 36.7 Å². The highest BCUT2D eigenvalue weighted by atomic mass is 35.5. The minimum Gasteiger partial charge on any atom is -0.394 e. The van der Waals surface area contributed by atoms with E-state index in [9.17, 15) is 20.1 Å². The molecule has 0 spiro atoms. The molecule has 0 bridgehead atoms. The van der Waals surface area contributed by atoms with Gasteiger partial charge in [0.15, 0.2) is 23.2 Å². The van der Waals surface area contributed by atoms with E-state index in [2.05, 4.69) is 25.1 Å². The van der Waals surface area contributed by atoms with Gasteiger partial charge in [0.2, 0.25) is 0 Å². The lowest BCUT2D eigenvalue weighted by atomic mass is 10.1. The number of hydrogen-bond acceptors (Lipinski definition) is 11. The van der Waals surface area contributed by atoms with E-state index in [-0.39, 0.29) is 5.02 Å². The average Bonchev–Trinajstić information content (AvgIpc) is 3.36. The van der Waals surface area contributed by atoms with Gasteiger partial charge in [-0.1, -0.05) is 11.6 Å². The fourth-order valence-corrected chi connectivity index (χ4v) is 4.33. The lowest BCUT2D eigenvalue weighted by molar-refractivity contribution is -0.0511. The van der Waals surface area contributed by atoms with Crippen molar-refractivity contribution in [3.63, 3.8) is 0 Å². The van der Waals surface area contributed by atoms with Crippen LogP contribution in [0.2, 0.25) is 5.02 Å². The van der Waals surface area contributed by atoms with Crippen molar-refractivity contribution in [1.82, 2.24) is 29.7 Å². The van der Waals surface area contributed by atoms with Gasteiger partial charge in [-0.05, 0) is 0 Å². The number of aliphatic hydroxyl groups is 3. The van der Waals surface area contributed by atoms with Gasteiger partial charge in [-0.25, -0.2) is 20.1 Å². The number of halogens is 1. The summed E-state index contributed by atoms with van der Waals surface area (Å²) in [6.45, 7) is 1.95. The van der Waals surface area contributed by atoms with Crippen LogP contribution in [0.15, 0.2) is 23.6 Å². The van der Waals surface area contributed by atoms with Gasteiger partial charge in [0.25, 0.3) is 5.56 Å². The van der Waals surface area contributed by atoms with Crippen molar-refractivity contribution in [2.75, 3.05) is 42.6 Å². The number of fused-ring (bicyclic) bond motifs is 1. The van der Waals surface area contributed by atoms with Crippen LogP contribution in [0.25, 0.3) is 11.2 Å². The number of H-pyrrole nitrogens is 1. The Morgan fingerprint density at radius 3 is 2.59 bits per heavy atom. The van der Waals surface area contributed by atoms with Crippen molar-refractivity contribution in [2.45, 2.75) is 24.5 Å². The van der Waals surface area contributed by atoms with Gasteiger partial charge in [-0.15, -0.1) is 0 Å². The first-order valence-electron chi connectivity index (χ1n) is 10.0. The third-order valence-corrected chi connectivity index (χ3v) is 6.19. The monoisotopic (exact) mass is 464 g/mol. The van der Waals surface area contributed by atoms with Crippen molar-refractivity contribution in [3.8, 4) is 0 Å². The molecule has 3 aromatic heterocycles. The first kappa shape index (κ1) is 21.0.